The molecule has 0 aromatic carbocycles. The quantitative estimate of drug-likeness (QED) is 0.432. The number of carbonyl (C=O) groups is 3. The summed E-state index contributed by atoms with van der Waals surface area (Å²) < 4.78 is 37.9. The highest BCUT2D eigenvalue weighted by Crippen LogP contribution is 2.47. The predicted molar refractivity (Wildman–Crippen MR) is 101 cm³/mol. The molecule has 1 rings (SSSR count). The van der Waals surface area contributed by atoms with E-state index in [1.54, 1.807) is 41.5 Å². The lowest BCUT2D eigenvalue weighted by Crippen LogP contribution is -2.45. The van der Waals surface area contributed by atoms with Crippen molar-refractivity contribution < 1.29 is 37.5 Å². The van der Waals surface area contributed by atoms with E-state index in [1.807, 2.05) is 0 Å². The van der Waals surface area contributed by atoms with Crippen molar-refractivity contribution in [3.63, 3.8) is 0 Å². The third-order valence-corrected chi connectivity index (χ3v) is 3.80. The molecule has 29 heavy (non-hydrogen) atoms. The minimum atomic E-state index is -2.93. The van der Waals surface area contributed by atoms with Gasteiger partial charge in [-0.15, -0.1) is 6.58 Å². The molecule has 0 aromatic heterocycles. The zero-order valence-corrected chi connectivity index (χ0v) is 17.9. The number of amides is 2. The summed E-state index contributed by atoms with van der Waals surface area (Å²) in [5, 5.41) is 0.101. The first-order valence-electron chi connectivity index (χ1n) is 9.51. The third-order valence-electron chi connectivity index (χ3n) is 3.80. The highest BCUT2D eigenvalue weighted by atomic mass is 19.3. The van der Waals surface area contributed by atoms with E-state index in [4.69, 9.17) is 14.3 Å². The maximum Gasteiger partial charge on any atom is 0.454 e. The second-order valence-corrected chi connectivity index (χ2v) is 9.16. The Labute approximate surface area is 170 Å². The Morgan fingerprint density at radius 1 is 1.03 bits per heavy atom. The van der Waals surface area contributed by atoms with E-state index in [-0.39, 0.29) is 24.3 Å². The first-order valence-corrected chi connectivity index (χ1v) is 9.51. The molecule has 1 fully saturated rings. The van der Waals surface area contributed by atoms with Gasteiger partial charge in [0.25, 0.3) is 0 Å². The molecule has 1 aliphatic rings. The molecule has 0 N–H and O–H groups in total. The number of hydroxylamine groups is 2. The van der Waals surface area contributed by atoms with E-state index in [0.717, 1.165) is 0 Å². The minimum Gasteiger partial charge on any atom is -0.441 e. The van der Waals surface area contributed by atoms with Gasteiger partial charge < -0.3 is 14.3 Å². The van der Waals surface area contributed by atoms with Gasteiger partial charge in [0.1, 0.15) is 11.2 Å². The fraction of sp³-hybridized carbons (Fsp3) is 0.750. The molecule has 166 valence electrons. The minimum absolute atomic E-state index is 0.101. The smallest absolute Gasteiger partial charge is 0.441 e. The van der Waals surface area contributed by atoms with Crippen molar-refractivity contribution in [1.29, 1.82) is 0 Å². The lowest BCUT2D eigenvalue weighted by Gasteiger charge is -2.27. The lowest BCUT2D eigenvalue weighted by atomic mass is 10.1. The van der Waals surface area contributed by atoms with Crippen LogP contribution in [0.25, 0.3) is 0 Å². The topological polar surface area (TPSA) is 82.1 Å². The van der Waals surface area contributed by atoms with E-state index in [2.05, 4.69) is 6.58 Å². The Balaban J connectivity index is 2.78. The predicted octanol–water partition coefficient (Wildman–Crippen LogP) is 5.24. The molecule has 7 nitrogen and oxygen atoms in total. The molecule has 0 saturated heterocycles. The fourth-order valence-electron chi connectivity index (χ4n) is 2.47. The Hall–Kier alpha value is -2.19. The highest BCUT2D eigenvalue weighted by molar-refractivity contribution is 5.89. The van der Waals surface area contributed by atoms with Crippen molar-refractivity contribution in [1.82, 2.24) is 5.06 Å². The van der Waals surface area contributed by atoms with Gasteiger partial charge in [-0.1, -0.05) is 6.08 Å². The summed E-state index contributed by atoms with van der Waals surface area (Å²) in [4.78, 5) is 41.8. The first kappa shape index (κ1) is 24.8. The second kappa shape index (κ2) is 9.09. The second-order valence-electron chi connectivity index (χ2n) is 9.16. The molecular formula is C20H31F2NO6. The van der Waals surface area contributed by atoms with Gasteiger partial charge >= 0.3 is 18.2 Å². The number of allylic oxidation sites excluding steroid dienone is 1. The third kappa shape index (κ3) is 9.23. The van der Waals surface area contributed by atoms with Crippen molar-refractivity contribution in [3.8, 4) is 0 Å². The van der Waals surface area contributed by atoms with Crippen LogP contribution < -0.4 is 0 Å². The molecule has 1 saturated carbocycles. The standard InChI is InChI=1S/C20H31F2NO6/c1-8-9-10-20(21,22)12-13-11-14(13)15(24)29-23(16(25)27-18(2,3)4)17(26)28-19(5,6)7/h8,13-14H,1,9-12H2,2-7H3. The molecule has 9 heteroatoms. The van der Waals surface area contributed by atoms with Gasteiger partial charge in [0.15, 0.2) is 0 Å². The number of imide groups is 1. The Morgan fingerprint density at radius 2 is 1.52 bits per heavy atom. The maximum atomic E-state index is 13.9. The van der Waals surface area contributed by atoms with Gasteiger partial charge in [-0.25, -0.2) is 23.2 Å². The molecule has 0 spiro atoms. The van der Waals surface area contributed by atoms with Crippen LogP contribution in [0, 0.1) is 11.8 Å². The number of hydrogen-bond acceptors (Lipinski definition) is 6. The number of nitrogens with zero attached hydrogens (tertiary/aromatic N) is 1. The SMILES string of the molecule is C=CCCC(F)(F)CC1CC1C(=O)ON(C(=O)OC(C)(C)C)C(=O)OC(C)(C)C. The van der Waals surface area contributed by atoms with E-state index in [0.29, 0.717) is 0 Å². The number of rotatable bonds is 6. The van der Waals surface area contributed by atoms with E-state index in [9.17, 15) is 23.2 Å². The molecule has 1 aliphatic carbocycles. The molecule has 0 heterocycles. The highest BCUT2D eigenvalue weighted by Gasteiger charge is 2.51. The van der Waals surface area contributed by atoms with Crippen LogP contribution in [0.1, 0.15) is 67.2 Å². The van der Waals surface area contributed by atoms with Crippen LogP contribution in [-0.4, -0.2) is 40.3 Å². The number of hydrogen-bond donors (Lipinski definition) is 0. The number of halogens is 2. The van der Waals surface area contributed by atoms with Gasteiger partial charge in [0.2, 0.25) is 5.92 Å². The Bertz CT molecular complexity index is 608. The van der Waals surface area contributed by atoms with E-state index in [1.165, 1.54) is 6.08 Å². The molecular weight excluding hydrogens is 388 g/mol. The van der Waals surface area contributed by atoms with Crippen molar-refractivity contribution in [2.45, 2.75) is 84.4 Å². The van der Waals surface area contributed by atoms with Crippen LogP contribution in [0.15, 0.2) is 12.7 Å². The van der Waals surface area contributed by atoms with Gasteiger partial charge in [0, 0.05) is 12.8 Å². The van der Waals surface area contributed by atoms with Crippen LogP contribution in [-0.2, 0) is 19.1 Å². The van der Waals surface area contributed by atoms with Crippen LogP contribution in [0.2, 0.25) is 0 Å². The number of carbonyl (C=O) groups excluding carboxylic acids is 3. The largest absolute Gasteiger partial charge is 0.454 e. The van der Waals surface area contributed by atoms with Crippen LogP contribution >= 0.6 is 0 Å². The normalized spacial score (nSPS) is 19.2. The molecule has 0 radical (unpaired) electrons. The Morgan fingerprint density at radius 3 is 1.93 bits per heavy atom. The molecule has 2 amide bonds. The summed E-state index contributed by atoms with van der Waals surface area (Å²) in [5.74, 6) is -5.28. The van der Waals surface area contributed by atoms with Crippen LogP contribution in [0.3, 0.4) is 0 Å². The van der Waals surface area contributed by atoms with Gasteiger partial charge in [-0.2, -0.15) is 0 Å². The Kier molecular flexibility index (Phi) is 7.79. The summed E-state index contributed by atoms with van der Waals surface area (Å²) in [5.41, 5.74) is -1.92. The number of alkyl halides is 2. The van der Waals surface area contributed by atoms with Crippen molar-refractivity contribution in [2.75, 3.05) is 0 Å². The maximum absolute atomic E-state index is 13.9. The molecule has 2 unspecified atom stereocenters. The van der Waals surface area contributed by atoms with Gasteiger partial charge in [0.05, 0.1) is 5.92 Å². The zero-order chi connectivity index (χ0) is 22.6. The van der Waals surface area contributed by atoms with Crippen molar-refractivity contribution >= 4 is 18.2 Å². The average Bonchev–Trinajstić information content (AvgIpc) is 3.25. The van der Waals surface area contributed by atoms with E-state index >= 15 is 0 Å². The molecule has 0 aliphatic heterocycles. The molecule has 2 atom stereocenters. The van der Waals surface area contributed by atoms with Gasteiger partial charge in [-0.3, -0.25) is 0 Å². The summed E-state index contributed by atoms with van der Waals surface area (Å²) in [6.07, 6.45) is -1.51. The van der Waals surface area contributed by atoms with E-state index < -0.39 is 53.5 Å². The lowest BCUT2D eigenvalue weighted by molar-refractivity contribution is -0.182. The van der Waals surface area contributed by atoms with Crippen LogP contribution in [0.5, 0.6) is 0 Å². The van der Waals surface area contributed by atoms with Gasteiger partial charge in [-0.05, 0) is 65.4 Å². The van der Waals surface area contributed by atoms with Crippen molar-refractivity contribution in [2.24, 2.45) is 11.8 Å². The molecule has 0 bridgehead atoms. The summed E-state index contributed by atoms with van der Waals surface area (Å²) in [6.45, 7) is 12.8. The average molecular weight is 419 g/mol. The monoisotopic (exact) mass is 419 g/mol. The first-order chi connectivity index (χ1) is 13.0. The summed E-state index contributed by atoms with van der Waals surface area (Å²) in [6, 6.07) is 0. The van der Waals surface area contributed by atoms with Crippen LogP contribution in [0.4, 0.5) is 18.4 Å². The number of ether oxygens (including phenoxy) is 2. The summed E-state index contributed by atoms with van der Waals surface area (Å²) >= 11 is 0. The fourth-order valence-corrected chi connectivity index (χ4v) is 2.47. The zero-order valence-electron chi connectivity index (χ0n) is 17.9. The summed E-state index contributed by atoms with van der Waals surface area (Å²) in [7, 11) is 0. The van der Waals surface area contributed by atoms with Crippen molar-refractivity contribution in [3.05, 3.63) is 12.7 Å². The molecule has 0 aromatic rings.